The predicted molar refractivity (Wildman–Crippen MR) is 79.8 cm³/mol. The van der Waals surface area contributed by atoms with Crippen molar-refractivity contribution < 1.29 is 23.8 Å². The Labute approximate surface area is 128 Å². The van der Waals surface area contributed by atoms with Gasteiger partial charge in [0.2, 0.25) is 0 Å². The van der Waals surface area contributed by atoms with Crippen molar-refractivity contribution in [1.29, 1.82) is 0 Å². The first-order chi connectivity index (χ1) is 10.7. The Morgan fingerprint density at radius 3 is 2.77 bits per heavy atom. The molecular formula is C15H20N2O5. The zero-order chi connectivity index (χ0) is 15.8. The molecule has 1 saturated heterocycles. The van der Waals surface area contributed by atoms with Crippen molar-refractivity contribution in [3.8, 4) is 5.75 Å². The quantitative estimate of drug-likeness (QED) is 0.747. The summed E-state index contributed by atoms with van der Waals surface area (Å²) in [7, 11) is 1.34. The van der Waals surface area contributed by atoms with Gasteiger partial charge in [-0.1, -0.05) is 0 Å². The van der Waals surface area contributed by atoms with E-state index < -0.39 is 6.10 Å². The lowest BCUT2D eigenvalue weighted by Crippen LogP contribution is -2.45. The number of rotatable bonds is 6. The van der Waals surface area contributed by atoms with Crippen LogP contribution in [0, 0.1) is 0 Å². The molecule has 2 N–H and O–H groups in total. The zero-order valence-corrected chi connectivity index (χ0v) is 12.5. The van der Waals surface area contributed by atoms with E-state index in [4.69, 9.17) is 9.47 Å². The number of hydrogen-bond acceptors (Lipinski definition) is 6. The van der Waals surface area contributed by atoms with Crippen LogP contribution in [-0.2, 0) is 19.1 Å². The van der Waals surface area contributed by atoms with Crippen LogP contribution in [0.4, 0.5) is 5.69 Å². The number of benzene rings is 1. The van der Waals surface area contributed by atoms with E-state index in [-0.39, 0.29) is 24.9 Å². The summed E-state index contributed by atoms with van der Waals surface area (Å²) in [4.78, 5) is 22.9. The first-order valence-electron chi connectivity index (χ1n) is 7.12. The molecule has 0 spiro atoms. The molecule has 7 heteroatoms. The summed E-state index contributed by atoms with van der Waals surface area (Å²) in [5.74, 6) is 0.133. The summed E-state index contributed by atoms with van der Waals surface area (Å²) in [6.07, 6.45) is -0.272. The Morgan fingerprint density at radius 1 is 1.36 bits per heavy atom. The average molecular weight is 308 g/mol. The van der Waals surface area contributed by atoms with Crippen molar-refractivity contribution in [2.45, 2.75) is 12.5 Å². The Balaban J connectivity index is 1.78. The second-order valence-corrected chi connectivity index (χ2v) is 4.75. The van der Waals surface area contributed by atoms with Gasteiger partial charge in [0.15, 0.2) is 0 Å². The number of morpholine rings is 1. The number of ether oxygens (including phenoxy) is 3. The molecule has 1 atom stereocenters. The largest absolute Gasteiger partial charge is 0.493 e. The molecule has 1 aromatic carbocycles. The third-order valence-electron chi connectivity index (χ3n) is 3.14. The predicted octanol–water partition coefficient (Wildman–Crippen LogP) is 0.555. The Kier molecular flexibility index (Phi) is 6.17. The fourth-order valence-electron chi connectivity index (χ4n) is 1.95. The number of esters is 1. The molecule has 0 aliphatic carbocycles. The lowest BCUT2D eigenvalue weighted by molar-refractivity contribution is -0.141. The highest BCUT2D eigenvalue weighted by atomic mass is 16.5. The Morgan fingerprint density at radius 2 is 2.14 bits per heavy atom. The first-order valence-corrected chi connectivity index (χ1v) is 7.12. The first kappa shape index (κ1) is 16.3. The summed E-state index contributed by atoms with van der Waals surface area (Å²) in [5.41, 5.74) is 0.666. The normalized spacial score (nSPS) is 17.6. The van der Waals surface area contributed by atoms with Gasteiger partial charge in [-0.3, -0.25) is 9.59 Å². The van der Waals surface area contributed by atoms with E-state index in [0.717, 1.165) is 6.54 Å². The maximum atomic E-state index is 12.0. The molecule has 1 unspecified atom stereocenters. The molecule has 0 bridgehead atoms. The monoisotopic (exact) mass is 308 g/mol. The second-order valence-electron chi connectivity index (χ2n) is 4.75. The molecule has 120 valence electrons. The van der Waals surface area contributed by atoms with Crippen molar-refractivity contribution in [3.05, 3.63) is 24.3 Å². The van der Waals surface area contributed by atoms with Gasteiger partial charge >= 0.3 is 5.97 Å². The Bertz CT molecular complexity index is 497. The number of carbonyl (C=O) groups is 2. The van der Waals surface area contributed by atoms with Gasteiger partial charge in [-0.2, -0.15) is 0 Å². The molecule has 7 nitrogen and oxygen atoms in total. The van der Waals surface area contributed by atoms with Crippen LogP contribution in [-0.4, -0.2) is 51.4 Å². The lowest BCUT2D eigenvalue weighted by atomic mass is 10.2. The molecule has 1 aromatic rings. The Hall–Kier alpha value is -2.12. The van der Waals surface area contributed by atoms with Crippen LogP contribution in [0.25, 0.3) is 0 Å². The minimum atomic E-state index is -0.468. The topological polar surface area (TPSA) is 85.9 Å². The number of hydrogen-bond donors (Lipinski definition) is 2. The zero-order valence-electron chi connectivity index (χ0n) is 12.5. The van der Waals surface area contributed by atoms with Crippen molar-refractivity contribution in [3.63, 3.8) is 0 Å². The molecule has 1 fully saturated rings. The van der Waals surface area contributed by atoms with Gasteiger partial charge in [0.1, 0.15) is 11.9 Å². The highest BCUT2D eigenvalue weighted by Crippen LogP contribution is 2.16. The van der Waals surface area contributed by atoms with Gasteiger partial charge in [0, 0.05) is 18.8 Å². The summed E-state index contributed by atoms with van der Waals surface area (Å²) in [5, 5.41) is 5.89. The maximum Gasteiger partial charge on any atom is 0.308 e. The molecular weight excluding hydrogens is 288 g/mol. The number of nitrogens with one attached hydrogen (secondary N) is 2. The SMILES string of the molecule is COC(=O)CCOc1ccc(NC(=O)C2CNCCO2)cc1. The van der Waals surface area contributed by atoms with Gasteiger partial charge in [-0.25, -0.2) is 0 Å². The van der Waals surface area contributed by atoms with E-state index >= 15 is 0 Å². The summed E-state index contributed by atoms with van der Waals surface area (Å²) in [6, 6.07) is 6.93. The van der Waals surface area contributed by atoms with E-state index in [1.807, 2.05) is 0 Å². The van der Waals surface area contributed by atoms with Gasteiger partial charge < -0.3 is 24.8 Å². The molecule has 0 saturated carbocycles. The number of carbonyl (C=O) groups excluding carboxylic acids is 2. The fraction of sp³-hybridized carbons (Fsp3) is 0.467. The minimum Gasteiger partial charge on any atom is -0.493 e. The molecule has 1 heterocycles. The average Bonchev–Trinajstić information content (AvgIpc) is 2.57. The van der Waals surface area contributed by atoms with Crippen LogP contribution in [0.2, 0.25) is 0 Å². The molecule has 22 heavy (non-hydrogen) atoms. The van der Waals surface area contributed by atoms with E-state index in [2.05, 4.69) is 15.4 Å². The maximum absolute atomic E-state index is 12.0. The van der Waals surface area contributed by atoms with Gasteiger partial charge in [0.25, 0.3) is 5.91 Å². The van der Waals surface area contributed by atoms with E-state index in [1.54, 1.807) is 24.3 Å². The number of anilines is 1. The molecule has 1 aliphatic rings. The molecule has 0 aromatic heterocycles. The van der Waals surface area contributed by atoms with Crippen LogP contribution in [0.3, 0.4) is 0 Å². The van der Waals surface area contributed by atoms with Crippen LogP contribution < -0.4 is 15.4 Å². The lowest BCUT2D eigenvalue weighted by Gasteiger charge is -2.22. The highest BCUT2D eigenvalue weighted by molar-refractivity contribution is 5.94. The van der Waals surface area contributed by atoms with Crippen LogP contribution in [0.1, 0.15) is 6.42 Å². The molecule has 1 amide bonds. The third-order valence-corrected chi connectivity index (χ3v) is 3.14. The third kappa shape index (κ3) is 5.01. The van der Waals surface area contributed by atoms with Crippen LogP contribution >= 0.6 is 0 Å². The van der Waals surface area contributed by atoms with Crippen molar-refractivity contribution >= 4 is 17.6 Å². The van der Waals surface area contributed by atoms with E-state index in [1.165, 1.54) is 7.11 Å². The fourth-order valence-corrected chi connectivity index (χ4v) is 1.95. The smallest absolute Gasteiger partial charge is 0.308 e. The summed E-state index contributed by atoms with van der Waals surface area (Å²) >= 11 is 0. The summed E-state index contributed by atoms with van der Waals surface area (Å²) in [6.45, 7) is 2.06. The van der Waals surface area contributed by atoms with Crippen molar-refractivity contribution in [1.82, 2.24) is 5.32 Å². The molecule has 1 aliphatic heterocycles. The van der Waals surface area contributed by atoms with E-state index in [9.17, 15) is 9.59 Å². The minimum absolute atomic E-state index is 0.174. The molecule has 0 radical (unpaired) electrons. The number of methoxy groups -OCH3 is 1. The van der Waals surface area contributed by atoms with E-state index in [0.29, 0.717) is 24.6 Å². The number of amides is 1. The standard InChI is InChI=1S/C15H20N2O5/c1-20-14(18)6-8-21-12-4-2-11(3-5-12)17-15(19)13-10-16-7-9-22-13/h2-5,13,16H,6-10H2,1H3,(H,17,19). The van der Waals surface area contributed by atoms with Crippen LogP contribution in [0.5, 0.6) is 5.75 Å². The second kappa shape index (κ2) is 8.35. The van der Waals surface area contributed by atoms with Gasteiger partial charge in [0.05, 0.1) is 26.7 Å². The summed E-state index contributed by atoms with van der Waals surface area (Å²) < 4.78 is 15.3. The molecule has 2 rings (SSSR count). The van der Waals surface area contributed by atoms with Crippen LogP contribution in [0.15, 0.2) is 24.3 Å². The van der Waals surface area contributed by atoms with Gasteiger partial charge in [-0.15, -0.1) is 0 Å². The highest BCUT2D eigenvalue weighted by Gasteiger charge is 2.21. The van der Waals surface area contributed by atoms with Crippen molar-refractivity contribution in [2.75, 3.05) is 38.7 Å². The van der Waals surface area contributed by atoms with Gasteiger partial charge in [-0.05, 0) is 24.3 Å². The van der Waals surface area contributed by atoms with Crippen molar-refractivity contribution in [2.24, 2.45) is 0 Å².